The van der Waals surface area contributed by atoms with Crippen molar-refractivity contribution in [1.82, 2.24) is 0 Å². The second kappa shape index (κ2) is 3.49. The first kappa shape index (κ1) is 7.44. The molecule has 0 unspecified atom stereocenters. The molecule has 0 aromatic heterocycles. The minimum atomic E-state index is 0.266. The van der Waals surface area contributed by atoms with E-state index in [1.165, 1.54) is 12.0 Å². The number of rotatable bonds is 2. The quantitative estimate of drug-likeness (QED) is 0.664. The van der Waals surface area contributed by atoms with E-state index in [1.54, 1.807) is 25.3 Å². The van der Waals surface area contributed by atoms with E-state index in [-0.39, 0.29) is 5.75 Å². The van der Waals surface area contributed by atoms with E-state index in [1.807, 2.05) is 6.07 Å². The first-order valence-corrected chi connectivity index (χ1v) is 3.57. The van der Waals surface area contributed by atoms with E-state index in [0.717, 1.165) is 4.90 Å². The number of phenols is 1. The fourth-order valence-corrected chi connectivity index (χ4v) is 1.13. The molecule has 1 rings (SSSR count). The van der Waals surface area contributed by atoms with Gasteiger partial charge in [0.05, 0.1) is 7.11 Å². The van der Waals surface area contributed by atoms with Gasteiger partial charge in [-0.2, -0.15) is 0 Å². The Morgan fingerprint density at radius 2 is 2.30 bits per heavy atom. The zero-order valence-corrected chi connectivity index (χ0v) is 6.39. The summed E-state index contributed by atoms with van der Waals surface area (Å²) in [7, 11) is 1.59. The Balaban J connectivity index is 2.75. The monoisotopic (exact) mass is 156 g/mol. The molecule has 0 aliphatic rings. The Morgan fingerprint density at radius 3 is 2.90 bits per heavy atom. The summed E-state index contributed by atoms with van der Waals surface area (Å²) in [5.41, 5.74) is 0. The molecule has 0 radical (unpaired) electrons. The standard InChI is InChI=1S/C7H8O2S/c1-9-10-7-4-2-3-6(8)5-7/h2-5,8H,1H3. The minimum absolute atomic E-state index is 0.266. The van der Waals surface area contributed by atoms with Gasteiger partial charge >= 0.3 is 0 Å². The lowest BCUT2D eigenvalue weighted by atomic mass is 10.3. The maximum absolute atomic E-state index is 8.97. The highest BCUT2D eigenvalue weighted by Gasteiger charge is 1.92. The minimum Gasteiger partial charge on any atom is -0.508 e. The van der Waals surface area contributed by atoms with Crippen LogP contribution in [0.15, 0.2) is 29.2 Å². The summed E-state index contributed by atoms with van der Waals surface area (Å²) in [5, 5.41) is 8.97. The topological polar surface area (TPSA) is 29.5 Å². The van der Waals surface area contributed by atoms with E-state index < -0.39 is 0 Å². The zero-order chi connectivity index (χ0) is 7.40. The fourth-order valence-electron chi connectivity index (χ4n) is 0.632. The maximum Gasteiger partial charge on any atom is 0.116 e. The molecule has 3 heteroatoms. The molecular formula is C7H8O2S. The van der Waals surface area contributed by atoms with Gasteiger partial charge in [0.15, 0.2) is 0 Å². The van der Waals surface area contributed by atoms with Crippen LogP contribution in [-0.4, -0.2) is 12.2 Å². The average molecular weight is 156 g/mol. The largest absolute Gasteiger partial charge is 0.508 e. The van der Waals surface area contributed by atoms with Crippen molar-refractivity contribution in [3.05, 3.63) is 24.3 Å². The van der Waals surface area contributed by atoms with Crippen molar-refractivity contribution in [3.63, 3.8) is 0 Å². The maximum atomic E-state index is 8.97. The third-order valence-electron chi connectivity index (χ3n) is 0.997. The number of benzene rings is 1. The number of phenolic OH excluding ortho intramolecular Hbond substituents is 1. The van der Waals surface area contributed by atoms with E-state index in [2.05, 4.69) is 0 Å². The van der Waals surface area contributed by atoms with E-state index in [0.29, 0.717) is 0 Å². The number of hydrogen-bond acceptors (Lipinski definition) is 3. The van der Waals surface area contributed by atoms with Crippen LogP contribution in [-0.2, 0) is 4.18 Å². The van der Waals surface area contributed by atoms with Gasteiger partial charge in [-0.3, -0.25) is 0 Å². The summed E-state index contributed by atoms with van der Waals surface area (Å²) < 4.78 is 4.79. The molecule has 1 N–H and O–H groups in total. The Bertz CT molecular complexity index is 213. The summed E-state index contributed by atoms with van der Waals surface area (Å²) >= 11 is 1.23. The van der Waals surface area contributed by atoms with E-state index >= 15 is 0 Å². The molecule has 0 saturated carbocycles. The molecule has 0 bridgehead atoms. The highest BCUT2D eigenvalue weighted by Crippen LogP contribution is 2.21. The van der Waals surface area contributed by atoms with E-state index in [4.69, 9.17) is 9.29 Å². The van der Waals surface area contributed by atoms with E-state index in [9.17, 15) is 0 Å². The van der Waals surface area contributed by atoms with Crippen molar-refractivity contribution in [2.24, 2.45) is 0 Å². The van der Waals surface area contributed by atoms with Crippen LogP contribution in [0.2, 0.25) is 0 Å². The summed E-state index contributed by atoms with van der Waals surface area (Å²) in [6.07, 6.45) is 0. The molecule has 1 aromatic carbocycles. The molecular weight excluding hydrogens is 148 g/mol. The van der Waals surface area contributed by atoms with Gasteiger partial charge in [0, 0.05) is 16.9 Å². The van der Waals surface area contributed by atoms with Gasteiger partial charge in [0.2, 0.25) is 0 Å². The van der Waals surface area contributed by atoms with Gasteiger partial charge in [-0.25, -0.2) is 0 Å². The third-order valence-corrected chi connectivity index (χ3v) is 1.61. The van der Waals surface area contributed by atoms with Gasteiger partial charge in [-0.15, -0.1) is 0 Å². The second-order valence-electron chi connectivity index (χ2n) is 1.75. The molecule has 1 aromatic rings. The first-order chi connectivity index (χ1) is 4.83. The van der Waals surface area contributed by atoms with Crippen LogP contribution in [0.4, 0.5) is 0 Å². The Morgan fingerprint density at radius 1 is 1.50 bits per heavy atom. The molecule has 10 heavy (non-hydrogen) atoms. The van der Waals surface area contributed by atoms with Crippen molar-refractivity contribution in [1.29, 1.82) is 0 Å². The molecule has 0 saturated heterocycles. The molecule has 0 atom stereocenters. The summed E-state index contributed by atoms with van der Waals surface area (Å²) in [5.74, 6) is 0.266. The Kier molecular flexibility index (Phi) is 2.59. The number of hydrogen-bond donors (Lipinski definition) is 1. The Hall–Kier alpha value is -0.670. The van der Waals surface area contributed by atoms with Gasteiger partial charge in [-0.05, 0) is 18.2 Å². The fraction of sp³-hybridized carbons (Fsp3) is 0.143. The molecule has 0 fully saturated rings. The summed E-state index contributed by atoms with van der Waals surface area (Å²) in [4.78, 5) is 0.905. The summed E-state index contributed by atoms with van der Waals surface area (Å²) in [6.45, 7) is 0. The molecule has 2 nitrogen and oxygen atoms in total. The van der Waals surface area contributed by atoms with Crippen molar-refractivity contribution in [2.45, 2.75) is 4.90 Å². The highest BCUT2D eigenvalue weighted by molar-refractivity contribution is 7.94. The van der Waals surface area contributed by atoms with Crippen molar-refractivity contribution >= 4 is 12.0 Å². The van der Waals surface area contributed by atoms with Crippen molar-refractivity contribution in [2.75, 3.05) is 7.11 Å². The molecule has 0 aliphatic carbocycles. The molecule has 0 spiro atoms. The van der Waals surface area contributed by atoms with Crippen LogP contribution in [0.3, 0.4) is 0 Å². The van der Waals surface area contributed by atoms with Gasteiger partial charge < -0.3 is 9.29 Å². The molecule has 0 amide bonds. The molecule has 54 valence electrons. The average Bonchev–Trinajstić information content (AvgIpc) is 1.88. The predicted molar refractivity (Wildman–Crippen MR) is 41.0 cm³/mol. The molecule has 0 aliphatic heterocycles. The van der Waals surface area contributed by atoms with Crippen LogP contribution in [0.25, 0.3) is 0 Å². The van der Waals surface area contributed by atoms with Gasteiger partial charge in [0.25, 0.3) is 0 Å². The lowest BCUT2D eigenvalue weighted by Gasteiger charge is -1.96. The Labute approximate surface area is 64.0 Å². The van der Waals surface area contributed by atoms with Crippen LogP contribution in [0.5, 0.6) is 5.75 Å². The van der Waals surface area contributed by atoms with Crippen molar-refractivity contribution in [3.8, 4) is 5.75 Å². The highest BCUT2D eigenvalue weighted by atomic mass is 32.2. The van der Waals surface area contributed by atoms with Crippen molar-refractivity contribution < 1.29 is 9.29 Å². The molecule has 0 heterocycles. The zero-order valence-electron chi connectivity index (χ0n) is 5.57. The lowest BCUT2D eigenvalue weighted by Crippen LogP contribution is -1.70. The SMILES string of the molecule is COSc1cccc(O)c1. The van der Waals surface area contributed by atoms with Gasteiger partial charge in [-0.1, -0.05) is 6.07 Å². The summed E-state index contributed by atoms with van der Waals surface area (Å²) in [6, 6.07) is 6.92. The lowest BCUT2D eigenvalue weighted by molar-refractivity contribution is 0.471. The third kappa shape index (κ3) is 1.93. The number of aromatic hydroxyl groups is 1. The van der Waals surface area contributed by atoms with Crippen LogP contribution in [0, 0.1) is 0 Å². The second-order valence-corrected chi connectivity index (χ2v) is 2.72. The predicted octanol–water partition coefficient (Wildman–Crippen LogP) is 2.05. The van der Waals surface area contributed by atoms with Crippen LogP contribution < -0.4 is 0 Å². The smallest absolute Gasteiger partial charge is 0.116 e. The van der Waals surface area contributed by atoms with Crippen LogP contribution in [0.1, 0.15) is 0 Å². The normalized spacial score (nSPS) is 9.70. The first-order valence-electron chi connectivity index (χ1n) is 2.82. The van der Waals surface area contributed by atoms with Crippen LogP contribution >= 0.6 is 12.0 Å². The van der Waals surface area contributed by atoms with Gasteiger partial charge in [0.1, 0.15) is 5.75 Å².